The highest BCUT2D eigenvalue weighted by atomic mass is 16.5. The standard InChI is InChI=1S/C11H14O3/c1-12-10-3-2-4-11(5-10)14-8-9-6-13-7-9/h2-5,9H,6-8H2,1H3. The molecule has 0 N–H and O–H groups in total. The zero-order chi connectivity index (χ0) is 9.80. The normalized spacial score (nSPS) is 16.1. The Morgan fingerprint density at radius 2 is 2.14 bits per heavy atom. The van der Waals surface area contributed by atoms with E-state index in [0.717, 1.165) is 31.3 Å². The van der Waals surface area contributed by atoms with Gasteiger partial charge in [0.05, 0.1) is 26.9 Å². The summed E-state index contributed by atoms with van der Waals surface area (Å²) in [6, 6.07) is 7.65. The van der Waals surface area contributed by atoms with E-state index in [4.69, 9.17) is 14.2 Å². The van der Waals surface area contributed by atoms with Crippen molar-refractivity contribution in [3.05, 3.63) is 24.3 Å². The van der Waals surface area contributed by atoms with Crippen molar-refractivity contribution in [3.63, 3.8) is 0 Å². The molecule has 1 aromatic carbocycles. The Hall–Kier alpha value is -1.22. The lowest BCUT2D eigenvalue weighted by molar-refractivity contribution is -0.0508. The van der Waals surface area contributed by atoms with Crippen molar-refractivity contribution in [2.45, 2.75) is 0 Å². The van der Waals surface area contributed by atoms with Gasteiger partial charge in [0.25, 0.3) is 0 Å². The van der Waals surface area contributed by atoms with Crippen LogP contribution in [0.15, 0.2) is 24.3 Å². The second-order valence-electron chi connectivity index (χ2n) is 3.39. The molecule has 1 heterocycles. The van der Waals surface area contributed by atoms with Gasteiger partial charge in [0, 0.05) is 12.0 Å². The smallest absolute Gasteiger partial charge is 0.123 e. The molecular weight excluding hydrogens is 180 g/mol. The number of benzene rings is 1. The second-order valence-corrected chi connectivity index (χ2v) is 3.39. The molecule has 1 aliphatic rings. The van der Waals surface area contributed by atoms with E-state index in [0.29, 0.717) is 5.92 Å². The minimum atomic E-state index is 0.557. The van der Waals surface area contributed by atoms with Crippen molar-refractivity contribution in [1.29, 1.82) is 0 Å². The van der Waals surface area contributed by atoms with Gasteiger partial charge in [-0.1, -0.05) is 6.07 Å². The molecule has 14 heavy (non-hydrogen) atoms. The summed E-state index contributed by atoms with van der Waals surface area (Å²) in [6.45, 7) is 2.38. The van der Waals surface area contributed by atoms with Crippen molar-refractivity contribution in [2.75, 3.05) is 26.9 Å². The molecule has 1 saturated heterocycles. The summed E-state index contributed by atoms with van der Waals surface area (Å²) < 4.78 is 15.8. The molecule has 76 valence electrons. The van der Waals surface area contributed by atoms with E-state index in [9.17, 15) is 0 Å². The van der Waals surface area contributed by atoms with Crippen LogP contribution in [0.3, 0.4) is 0 Å². The topological polar surface area (TPSA) is 27.7 Å². The summed E-state index contributed by atoms with van der Waals surface area (Å²) in [5, 5.41) is 0. The predicted molar refractivity (Wildman–Crippen MR) is 52.8 cm³/mol. The molecule has 0 bridgehead atoms. The molecule has 0 spiro atoms. The fourth-order valence-corrected chi connectivity index (χ4v) is 1.29. The Balaban J connectivity index is 1.87. The van der Waals surface area contributed by atoms with Crippen molar-refractivity contribution < 1.29 is 14.2 Å². The van der Waals surface area contributed by atoms with Crippen LogP contribution in [0.25, 0.3) is 0 Å². The summed E-state index contributed by atoms with van der Waals surface area (Å²) in [5.74, 6) is 2.24. The van der Waals surface area contributed by atoms with Gasteiger partial charge in [-0.2, -0.15) is 0 Å². The molecule has 0 amide bonds. The van der Waals surface area contributed by atoms with Crippen LogP contribution in [-0.4, -0.2) is 26.9 Å². The fourth-order valence-electron chi connectivity index (χ4n) is 1.29. The van der Waals surface area contributed by atoms with Gasteiger partial charge in [-0.05, 0) is 12.1 Å². The molecule has 1 aliphatic heterocycles. The molecular formula is C11H14O3. The van der Waals surface area contributed by atoms with Gasteiger partial charge in [-0.25, -0.2) is 0 Å². The Kier molecular flexibility index (Phi) is 2.89. The van der Waals surface area contributed by atoms with Crippen LogP contribution >= 0.6 is 0 Å². The van der Waals surface area contributed by atoms with Gasteiger partial charge in [-0.3, -0.25) is 0 Å². The maximum absolute atomic E-state index is 5.59. The highest BCUT2D eigenvalue weighted by Crippen LogP contribution is 2.20. The van der Waals surface area contributed by atoms with E-state index >= 15 is 0 Å². The number of ether oxygens (including phenoxy) is 3. The molecule has 3 nitrogen and oxygen atoms in total. The summed E-state index contributed by atoms with van der Waals surface area (Å²) in [6.07, 6.45) is 0. The van der Waals surface area contributed by atoms with Crippen molar-refractivity contribution in [2.24, 2.45) is 5.92 Å². The fraction of sp³-hybridized carbons (Fsp3) is 0.455. The quantitative estimate of drug-likeness (QED) is 0.730. The van der Waals surface area contributed by atoms with E-state index in [2.05, 4.69) is 0 Å². The van der Waals surface area contributed by atoms with Gasteiger partial charge in [0.15, 0.2) is 0 Å². The summed E-state index contributed by atoms with van der Waals surface area (Å²) >= 11 is 0. The van der Waals surface area contributed by atoms with Crippen LogP contribution in [0, 0.1) is 5.92 Å². The van der Waals surface area contributed by atoms with Gasteiger partial charge in [0.2, 0.25) is 0 Å². The van der Waals surface area contributed by atoms with Gasteiger partial charge >= 0.3 is 0 Å². The first-order valence-corrected chi connectivity index (χ1v) is 4.73. The second kappa shape index (κ2) is 4.33. The van der Waals surface area contributed by atoms with E-state index in [-0.39, 0.29) is 0 Å². The molecule has 1 aromatic rings. The van der Waals surface area contributed by atoms with Crippen LogP contribution in [0.5, 0.6) is 11.5 Å². The predicted octanol–water partition coefficient (Wildman–Crippen LogP) is 1.72. The molecule has 1 fully saturated rings. The summed E-state index contributed by atoms with van der Waals surface area (Å²) in [5.41, 5.74) is 0. The highest BCUT2D eigenvalue weighted by molar-refractivity contribution is 5.32. The maximum atomic E-state index is 5.59. The van der Waals surface area contributed by atoms with Crippen LogP contribution < -0.4 is 9.47 Å². The number of hydrogen-bond donors (Lipinski definition) is 0. The largest absolute Gasteiger partial charge is 0.497 e. The van der Waals surface area contributed by atoms with Gasteiger partial charge in [-0.15, -0.1) is 0 Å². The van der Waals surface area contributed by atoms with E-state index in [1.54, 1.807) is 7.11 Å². The molecule has 0 aliphatic carbocycles. The minimum absolute atomic E-state index is 0.557. The lowest BCUT2D eigenvalue weighted by Crippen LogP contribution is -2.32. The Morgan fingerprint density at radius 3 is 2.79 bits per heavy atom. The number of methoxy groups -OCH3 is 1. The molecule has 0 saturated carbocycles. The van der Waals surface area contributed by atoms with Crippen LogP contribution in [-0.2, 0) is 4.74 Å². The Labute approximate surface area is 83.6 Å². The molecule has 0 atom stereocenters. The average molecular weight is 194 g/mol. The van der Waals surface area contributed by atoms with Crippen LogP contribution in [0.1, 0.15) is 0 Å². The summed E-state index contributed by atoms with van der Waals surface area (Å²) in [4.78, 5) is 0. The Morgan fingerprint density at radius 1 is 1.36 bits per heavy atom. The maximum Gasteiger partial charge on any atom is 0.123 e. The average Bonchev–Trinajstić information content (AvgIpc) is 2.16. The van der Waals surface area contributed by atoms with E-state index in [1.165, 1.54) is 0 Å². The van der Waals surface area contributed by atoms with E-state index < -0.39 is 0 Å². The van der Waals surface area contributed by atoms with Crippen LogP contribution in [0.4, 0.5) is 0 Å². The third-order valence-electron chi connectivity index (χ3n) is 2.23. The van der Waals surface area contributed by atoms with Gasteiger partial charge < -0.3 is 14.2 Å². The SMILES string of the molecule is COc1cccc(OCC2COC2)c1. The third kappa shape index (κ3) is 2.17. The molecule has 0 unspecified atom stereocenters. The van der Waals surface area contributed by atoms with Crippen molar-refractivity contribution >= 4 is 0 Å². The molecule has 2 rings (SSSR count). The minimum Gasteiger partial charge on any atom is -0.497 e. The first-order chi connectivity index (χ1) is 6.88. The zero-order valence-electron chi connectivity index (χ0n) is 8.23. The van der Waals surface area contributed by atoms with E-state index in [1.807, 2.05) is 24.3 Å². The lowest BCUT2D eigenvalue weighted by atomic mass is 10.1. The van der Waals surface area contributed by atoms with Crippen molar-refractivity contribution in [1.82, 2.24) is 0 Å². The molecule has 0 aromatic heterocycles. The lowest BCUT2D eigenvalue weighted by Gasteiger charge is -2.25. The molecule has 3 heteroatoms. The van der Waals surface area contributed by atoms with Crippen LogP contribution in [0.2, 0.25) is 0 Å². The van der Waals surface area contributed by atoms with Crippen molar-refractivity contribution in [3.8, 4) is 11.5 Å². The highest BCUT2D eigenvalue weighted by Gasteiger charge is 2.18. The first-order valence-electron chi connectivity index (χ1n) is 4.73. The van der Waals surface area contributed by atoms with Gasteiger partial charge in [0.1, 0.15) is 11.5 Å². The first kappa shape index (κ1) is 9.34. The zero-order valence-corrected chi connectivity index (χ0v) is 8.23. The molecule has 0 radical (unpaired) electrons. The summed E-state index contributed by atoms with van der Waals surface area (Å²) in [7, 11) is 1.65. The number of rotatable bonds is 4. The Bertz CT molecular complexity index is 294. The monoisotopic (exact) mass is 194 g/mol. The third-order valence-corrected chi connectivity index (χ3v) is 2.23. The number of hydrogen-bond acceptors (Lipinski definition) is 3.